The minimum absolute atomic E-state index is 0.130. The molecule has 0 bridgehead atoms. The van der Waals surface area contributed by atoms with Crippen molar-refractivity contribution in [1.82, 2.24) is 19.9 Å². The Balaban J connectivity index is 2.27. The molecule has 3 rings (SSSR count). The molecule has 14 heteroatoms. The van der Waals surface area contributed by atoms with Crippen molar-refractivity contribution in [3.05, 3.63) is 18.6 Å². The molecule has 1 aliphatic rings. The zero-order valence-electron chi connectivity index (χ0n) is 15.8. The number of likely N-dealkylation sites (tertiary alicyclic amines) is 1. The number of amides is 1. The number of anilines is 1. The van der Waals surface area contributed by atoms with Crippen LogP contribution in [0.25, 0.3) is 11.0 Å². The Morgan fingerprint density at radius 2 is 1.87 bits per heavy atom. The lowest BCUT2D eigenvalue weighted by Gasteiger charge is -2.62. The first-order valence-electron chi connectivity index (χ1n) is 8.54. The van der Waals surface area contributed by atoms with Crippen LogP contribution in [0.15, 0.2) is 18.6 Å². The third kappa shape index (κ3) is 2.52. The van der Waals surface area contributed by atoms with Gasteiger partial charge in [-0.15, -0.1) is 0 Å². The van der Waals surface area contributed by atoms with Crippen LogP contribution in [0.5, 0.6) is 0 Å². The average Bonchev–Trinajstić information content (AvgIpc) is 3.13. The van der Waals surface area contributed by atoms with E-state index in [2.05, 4.69) is 15.0 Å². The third-order valence-corrected chi connectivity index (χ3v) is 5.46. The van der Waals surface area contributed by atoms with Crippen LogP contribution in [0, 0.1) is 17.2 Å². The number of aromatic amines is 1. The fourth-order valence-corrected chi connectivity index (χ4v) is 3.71. The lowest BCUT2D eigenvalue weighted by atomic mass is 9.77. The van der Waals surface area contributed by atoms with Crippen LogP contribution in [0.2, 0.25) is 0 Å². The number of nitrogens with one attached hydrogen (secondary N) is 1. The first kappa shape index (κ1) is 21.8. The highest BCUT2D eigenvalue weighted by Crippen LogP contribution is 2.50. The standard InChI is InChI=1S/C16H20N6O8/c1-8-13(24,21(2)12-9-4-6-18-11(9)19-7-20-12)15(27,28)22(10(23)3-5-17)16(29,30)14(8,25)26/h4,6-8,24-30H,3H2,1-2H3,(H,18,19,20). The smallest absolute Gasteiger partial charge is 0.310 e. The number of fused-ring (bicyclic) bond motifs is 1. The van der Waals surface area contributed by atoms with Crippen LogP contribution < -0.4 is 4.90 Å². The van der Waals surface area contributed by atoms with Crippen molar-refractivity contribution >= 4 is 22.8 Å². The van der Waals surface area contributed by atoms with Gasteiger partial charge in [-0.3, -0.25) is 4.79 Å². The van der Waals surface area contributed by atoms with E-state index in [1.54, 1.807) is 0 Å². The first-order valence-corrected chi connectivity index (χ1v) is 8.54. The van der Waals surface area contributed by atoms with E-state index < -0.39 is 46.5 Å². The number of aromatic nitrogens is 3. The maximum Gasteiger partial charge on any atom is 0.310 e. The molecule has 162 valence electrons. The fraction of sp³-hybridized carbons (Fsp3) is 0.500. The molecule has 1 saturated heterocycles. The van der Waals surface area contributed by atoms with E-state index in [0.717, 1.165) is 25.2 Å². The lowest BCUT2D eigenvalue weighted by molar-refractivity contribution is -0.527. The highest BCUT2D eigenvalue weighted by Gasteiger charge is 2.78. The van der Waals surface area contributed by atoms with E-state index in [1.807, 2.05) is 0 Å². The van der Waals surface area contributed by atoms with Crippen LogP contribution >= 0.6 is 0 Å². The molecule has 0 aromatic carbocycles. The number of hydrogen-bond donors (Lipinski definition) is 8. The van der Waals surface area contributed by atoms with Gasteiger partial charge in [0.05, 0.1) is 17.4 Å². The summed E-state index contributed by atoms with van der Waals surface area (Å²) in [6.45, 7) is 0.875. The SMILES string of the molecule is CC1C(O)(O)C(O)(O)N(C(=O)CC#N)C(O)(O)C1(O)N(C)c1ncnc2[nH]ccc12. The second kappa shape index (κ2) is 6.55. The van der Waals surface area contributed by atoms with Crippen molar-refractivity contribution in [2.45, 2.75) is 36.7 Å². The minimum Gasteiger partial charge on any atom is -0.364 e. The molecule has 0 saturated carbocycles. The highest BCUT2D eigenvalue weighted by molar-refractivity contribution is 5.87. The Hall–Kier alpha value is -2.90. The second-order valence-corrected chi connectivity index (χ2v) is 7.01. The summed E-state index contributed by atoms with van der Waals surface area (Å²) in [5.74, 6) is -15.4. The molecule has 2 unspecified atom stereocenters. The first-order chi connectivity index (χ1) is 13.8. The van der Waals surface area contributed by atoms with Crippen LogP contribution in [0.4, 0.5) is 5.82 Å². The van der Waals surface area contributed by atoms with Crippen molar-refractivity contribution < 1.29 is 40.5 Å². The maximum absolute atomic E-state index is 12.3. The van der Waals surface area contributed by atoms with Crippen LogP contribution in [0.1, 0.15) is 13.3 Å². The van der Waals surface area contributed by atoms with Gasteiger partial charge >= 0.3 is 11.8 Å². The Bertz CT molecular complexity index is 1030. The zero-order valence-corrected chi connectivity index (χ0v) is 15.8. The zero-order chi connectivity index (χ0) is 22.7. The quantitative estimate of drug-likeness (QED) is 0.224. The summed E-state index contributed by atoms with van der Waals surface area (Å²) in [6, 6.07) is 2.86. The predicted molar refractivity (Wildman–Crippen MR) is 95.0 cm³/mol. The number of aliphatic hydroxyl groups is 7. The number of H-pyrrole nitrogens is 1. The van der Waals surface area contributed by atoms with Gasteiger partial charge in [0.15, 0.2) is 0 Å². The summed E-state index contributed by atoms with van der Waals surface area (Å²) < 4.78 is 0. The van der Waals surface area contributed by atoms with Gasteiger partial charge in [-0.2, -0.15) is 5.26 Å². The van der Waals surface area contributed by atoms with Gasteiger partial charge in [-0.05, 0) is 6.07 Å². The summed E-state index contributed by atoms with van der Waals surface area (Å²) in [7, 11) is 1.09. The molecule has 2 aromatic heterocycles. The number of hydrogen-bond acceptors (Lipinski definition) is 12. The summed E-state index contributed by atoms with van der Waals surface area (Å²) in [5, 5.41) is 83.4. The normalized spacial score (nSPS) is 26.9. The molecular weight excluding hydrogens is 404 g/mol. The predicted octanol–water partition coefficient (Wildman–Crippen LogP) is -3.57. The van der Waals surface area contributed by atoms with E-state index in [-0.39, 0.29) is 16.9 Å². The average molecular weight is 424 g/mol. The van der Waals surface area contributed by atoms with Gasteiger partial charge in [0, 0.05) is 13.2 Å². The van der Waals surface area contributed by atoms with Crippen LogP contribution in [-0.2, 0) is 4.79 Å². The lowest BCUT2D eigenvalue weighted by Crippen LogP contribution is -2.89. The van der Waals surface area contributed by atoms with Crippen molar-refractivity contribution in [1.29, 1.82) is 5.26 Å². The topological polar surface area (TPSA) is 231 Å². The van der Waals surface area contributed by atoms with Gasteiger partial charge < -0.3 is 45.6 Å². The van der Waals surface area contributed by atoms with Crippen molar-refractivity contribution in [2.24, 2.45) is 5.92 Å². The summed E-state index contributed by atoms with van der Waals surface area (Å²) in [5.41, 5.74) is -2.90. The summed E-state index contributed by atoms with van der Waals surface area (Å²) in [4.78, 5) is 23.1. The highest BCUT2D eigenvalue weighted by atomic mass is 16.7. The molecule has 8 N–H and O–H groups in total. The van der Waals surface area contributed by atoms with E-state index in [9.17, 15) is 40.5 Å². The molecule has 1 fully saturated rings. The summed E-state index contributed by atoms with van der Waals surface area (Å²) in [6.07, 6.45) is 1.45. The molecule has 3 heterocycles. The number of carbonyl (C=O) groups is 1. The molecular formula is C16H20N6O8. The number of nitrogens with zero attached hydrogens (tertiary/aromatic N) is 5. The Labute approximate surface area is 168 Å². The Morgan fingerprint density at radius 1 is 1.23 bits per heavy atom. The van der Waals surface area contributed by atoms with Gasteiger partial charge in [0.25, 0.3) is 0 Å². The number of likely N-dealkylation sites (N-methyl/N-ethyl adjacent to an activating group) is 1. The van der Waals surface area contributed by atoms with Crippen LogP contribution in [0.3, 0.4) is 0 Å². The molecule has 1 amide bonds. The Kier molecular flexibility index (Phi) is 4.76. The van der Waals surface area contributed by atoms with E-state index >= 15 is 0 Å². The van der Waals surface area contributed by atoms with E-state index in [1.165, 1.54) is 18.3 Å². The van der Waals surface area contributed by atoms with Crippen LogP contribution in [-0.4, -0.2) is 91.9 Å². The second-order valence-electron chi connectivity index (χ2n) is 7.01. The minimum atomic E-state index is -3.99. The summed E-state index contributed by atoms with van der Waals surface area (Å²) >= 11 is 0. The maximum atomic E-state index is 12.3. The van der Waals surface area contributed by atoms with Gasteiger partial charge in [0.1, 0.15) is 24.2 Å². The van der Waals surface area contributed by atoms with Crippen molar-refractivity contribution in [3.63, 3.8) is 0 Å². The third-order valence-electron chi connectivity index (χ3n) is 5.46. The van der Waals surface area contributed by atoms with Gasteiger partial charge in [0.2, 0.25) is 17.4 Å². The fourth-order valence-electron chi connectivity index (χ4n) is 3.71. The molecule has 14 nitrogen and oxygen atoms in total. The molecule has 0 spiro atoms. The van der Waals surface area contributed by atoms with E-state index in [0.29, 0.717) is 0 Å². The number of carbonyl (C=O) groups excluding carboxylic acids is 1. The van der Waals surface area contributed by atoms with Gasteiger partial charge in [-0.1, -0.05) is 6.92 Å². The monoisotopic (exact) mass is 424 g/mol. The van der Waals surface area contributed by atoms with Crippen molar-refractivity contribution in [2.75, 3.05) is 11.9 Å². The van der Waals surface area contributed by atoms with Gasteiger partial charge in [-0.25, -0.2) is 14.9 Å². The molecule has 2 atom stereocenters. The Morgan fingerprint density at radius 3 is 2.47 bits per heavy atom. The molecule has 2 aromatic rings. The molecule has 0 radical (unpaired) electrons. The number of piperidine rings is 1. The molecule has 30 heavy (non-hydrogen) atoms. The van der Waals surface area contributed by atoms with Crippen molar-refractivity contribution in [3.8, 4) is 6.07 Å². The molecule has 1 aliphatic heterocycles. The molecule has 0 aliphatic carbocycles. The largest absolute Gasteiger partial charge is 0.364 e. The number of rotatable bonds is 3. The number of nitriles is 1. The van der Waals surface area contributed by atoms with E-state index in [4.69, 9.17) is 5.26 Å².